The van der Waals surface area contributed by atoms with E-state index in [-0.39, 0.29) is 0 Å². The summed E-state index contributed by atoms with van der Waals surface area (Å²) in [7, 11) is 0. The van der Waals surface area contributed by atoms with Crippen LogP contribution in [0.2, 0.25) is 0 Å². The summed E-state index contributed by atoms with van der Waals surface area (Å²) in [5, 5.41) is 23.7. The van der Waals surface area contributed by atoms with Gasteiger partial charge in [0.05, 0.1) is 0 Å². The van der Waals surface area contributed by atoms with E-state index in [1.54, 1.807) is 0 Å². The largest absolute Gasteiger partial charge is 0.384 e. The van der Waals surface area contributed by atoms with Crippen LogP contribution in [0.25, 0.3) is 11.1 Å². The molecule has 0 fully saturated rings. The van der Waals surface area contributed by atoms with E-state index in [0.29, 0.717) is 0 Å². The van der Waals surface area contributed by atoms with Crippen molar-refractivity contribution >= 4 is 0 Å². The minimum atomic E-state index is -1.50. The third-order valence-electron chi connectivity index (χ3n) is 2.80. The van der Waals surface area contributed by atoms with Gasteiger partial charge >= 0.3 is 0 Å². The Balaban J connectivity index is 0.000000267. The Hall–Kier alpha value is -2.40. The van der Waals surface area contributed by atoms with Crippen molar-refractivity contribution in [2.24, 2.45) is 0 Å². The Morgan fingerprint density at radius 1 is 0.944 bits per heavy atom. The maximum atomic E-state index is 10.0. The van der Waals surface area contributed by atoms with Crippen molar-refractivity contribution < 1.29 is 15.4 Å². The molecule has 2 aromatic rings. The molecule has 2 aromatic carbocycles. The highest BCUT2D eigenvalue weighted by molar-refractivity contribution is 5.77. The summed E-state index contributed by atoms with van der Waals surface area (Å²) in [5.41, 5.74) is 4.37. The van der Waals surface area contributed by atoms with Crippen LogP contribution >= 0.6 is 0 Å². The van der Waals surface area contributed by atoms with Gasteiger partial charge in [-0.1, -0.05) is 48.5 Å². The van der Waals surface area contributed by atoms with Gasteiger partial charge in [-0.3, -0.25) is 0 Å². The maximum Gasteiger partial charge on any atom is 0.291 e. The second-order valence-electron chi connectivity index (χ2n) is 3.81. The average Bonchev–Trinajstić information content (AvgIpc) is 2.64. The number of aliphatic hydroxyl groups excluding tert-OH is 1. The van der Waals surface area contributed by atoms with Gasteiger partial charge in [-0.15, -0.1) is 10.1 Å². The molecular weight excluding hydrogens is 234 g/mol. The highest BCUT2D eigenvalue weighted by atomic mass is 16.9. The first kappa shape index (κ1) is 12.1. The maximum absolute atomic E-state index is 10.0. The van der Waals surface area contributed by atoms with Gasteiger partial charge in [-0.25, -0.2) is 0 Å². The van der Waals surface area contributed by atoms with Gasteiger partial charge in [-0.2, -0.15) is 0 Å². The third kappa shape index (κ3) is 2.16. The van der Waals surface area contributed by atoms with E-state index in [1.165, 1.54) is 0 Å². The zero-order valence-corrected chi connectivity index (χ0v) is 9.35. The normalized spacial score (nSPS) is 12.1. The molecule has 0 saturated heterocycles. The fourth-order valence-corrected chi connectivity index (χ4v) is 2.13. The van der Waals surface area contributed by atoms with Crippen molar-refractivity contribution in [3.8, 4) is 11.1 Å². The van der Waals surface area contributed by atoms with Gasteiger partial charge in [-0.05, 0) is 22.3 Å². The van der Waals surface area contributed by atoms with Crippen LogP contribution in [0.3, 0.4) is 0 Å². The molecule has 0 aromatic heterocycles. The van der Waals surface area contributed by atoms with Crippen LogP contribution in [0, 0.1) is 10.1 Å². The van der Waals surface area contributed by atoms with Gasteiger partial charge in [0.1, 0.15) is 6.10 Å². The van der Waals surface area contributed by atoms with E-state index in [1.807, 2.05) is 36.4 Å². The molecule has 92 valence electrons. The van der Waals surface area contributed by atoms with E-state index in [9.17, 15) is 5.11 Å². The molecule has 0 spiro atoms. The highest BCUT2D eigenvalue weighted by Crippen LogP contribution is 2.42. The molecule has 0 aliphatic heterocycles. The highest BCUT2D eigenvalue weighted by Gasteiger charge is 2.25. The molecule has 0 radical (unpaired) electrons. The van der Waals surface area contributed by atoms with Crippen molar-refractivity contribution in [1.29, 1.82) is 0 Å². The van der Waals surface area contributed by atoms with Gasteiger partial charge in [0, 0.05) is 0 Å². The number of nitrogens with zero attached hydrogens (tertiary/aromatic N) is 1. The Morgan fingerprint density at radius 2 is 1.28 bits per heavy atom. The quantitative estimate of drug-likeness (QED) is 0.551. The molecule has 0 saturated carbocycles. The van der Waals surface area contributed by atoms with Crippen LogP contribution < -0.4 is 0 Å². The zero-order chi connectivity index (χ0) is 13.1. The topological polar surface area (TPSA) is 83.6 Å². The summed E-state index contributed by atoms with van der Waals surface area (Å²) in [6, 6.07) is 16.0. The predicted molar refractivity (Wildman–Crippen MR) is 64.7 cm³/mol. The molecule has 1 aliphatic carbocycles. The Bertz CT molecular complexity index is 533. The summed E-state index contributed by atoms with van der Waals surface area (Å²) in [6.45, 7) is 0. The third-order valence-corrected chi connectivity index (χ3v) is 2.80. The van der Waals surface area contributed by atoms with E-state index in [0.717, 1.165) is 22.3 Å². The number of aliphatic hydroxyl groups is 1. The van der Waals surface area contributed by atoms with Crippen LogP contribution in [0.1, 0.15) is 17.2 Å². The lowest BCUT2D eigenvalue weighted by Gasteiger charge is -2.03. The van der Waals surface area contributed by atoms with Crippen molar-refractivity contribution in [3.05, 3.63) is 69.8 Å². The van der Waals surface area contributed by atoms with Gasteiger partial charge < -0.3 is 10.3 Å². The SMILES string of the molecule is O=[N+]([O-])O.OC1c2ccccc2-c2ccccc21. The lowest BCUT2D eigenvalue weighted by Crippen LogP contribution is -1.92. The number of hydrogen-bond donors (Lipinski definition) is 2. The molecular formula is C13H11NO4. The number of rotatable bonds is 0. The summed E-state index contributed by atoms with van der Waals surface area (Å²) in [6.07, 6.45) is -0.442. The first-order chi connectivity index (χ1) is 8.61. The number of fused-ring (bicyclic) bond motifs is 3. The van der Waals surface area contributed by atoms with Crippen molar-refractivity contribution in [3.63, 3.8) is 0 Å². The molecule has 18 heavy (non-hydrogen) atoms. The van der Waals surface area contributed by atoms with Crippen molar-refractivity contribution in [2.75, 3.05) is 0 Å². The summed E-state index contributed by atoms with van der Waals surface area (Å²) in [5.74, 6) is 0. The fourth-order valence-electron chi connectivity index (χ4n) is 2.13. The molecule has 0 amide bonds. The molecule has 0 atom stereocenters. The van der Waals surface area contributed by atoms with Crippen molar-refractivity contribution in [1.82, 2.24) is 0 Å². The van der Waals surface area contributed by atoms with Gasteiger partial charge in [0.15, 0.2) is 0 Å². The van der Waals surface area contributed by atoms with Crippen LogP contribution in [0.5, 0.6) is 0 Å². The molecule has 3 rings (SSSR count). The second-order valence-corrected chi connectivity index (χ2v) is 3.81. The molecule has 0 bridgehead atoms. The fraction of sp³-hybridized carbons (Fsp3) is 0.0769. The smallest absolute Gasteiger partial charge is 0.291 e. The van der Waals surface area contributed by atoms with E-state index >= 15 is 0 Å². The molecule has 5 nitrogen and oxygen atoms in total. The summed E-state index contributed by atoms with van der Waals surface area (Å²) >= 11 is 0. The lowest BCUT2D eigenvalue weighted by atomic mass is 10.1. The molecule has 1 aliphatic rings. The molecule has 2 N–H and O–H groups in total. The zero-order valence-electron chi connectivity index (χ0n) is 9.35. The lowest BCUT2D eigenvalue weighted by molar-refractivity contribution is -0.742. The number of benzene rings is 2. The standard InChI is InChI=1S/C13H10O.HNO3/c14-13-11-7-3-1-5-9(11)10-6-2-4-8-12(10)13;2-1(3)4/h1-8,13-14H;(H,2,3,4). The molecule has 5 heteroatoms. The Morgan fingerprint density at radius 3 is 1.67 bits per heavy atom. The summed E-state index contributed by atoms with van der Waals surface area (Å²) in [4.78, 5) is 8.36. The van der Waals surface area contributed by atoms with E-state index in [2.05, 4.69) is 12.1 Å². The Kier molecular flexibility index (Phi) is 3.25. The first-order valence-electron chi connectivity index (χ1n) is 5.31. The van der Waals surface area contributed by atoms with Gasteiger partial charge in [0.2, 0.25) is 0 Å². The monoisotopic (exact) mass is 245 g/mol. The molecule has 0 heterocycles. The van der Waals surface area contributed by atoms with Gasteiger partial charge in [0.25, 0.3) is 5.09 Å². The van der Waals surface area contributed by atoms with Crippen LogP contribution in [0.4, 0.5) is 0 Å². The number of hydrogen-bond acceptors (Lipinski definition) is 3. The van der Waals surface area contributed by atoms with Crippen LogP contribution in [0.15, 0.2) is 48.5 Å². The Labute approximate surface area is 103 Å². The minimum Gasteiger partial charge on any atom is -0.384 e. The summed E-state index contributed by atoms with van der Waals surface area (Å²) < 4.78 is 0. The van der Waals surface area contributed by atoms with E-state index in [4.69, 9.17) is 15.3 Å². The van der Waals surface area contributed by atoms with E-state index < -0.39 is 11.2 Å². The minimum absolute atomic E-state index is 0.442. The molecule has 0 unspecified atom stereocenters. The first-order valence-corrected chi connectivity index (χ1v) is 5.31. The average molecular weight is 245 g/mol. The van der Waals surface area contributed by atoms with Crippen molar-refractivity contribution in [2.45, 2.75) is 6.10 Å². The van der Waals surface area contributed by atoms with Crippen LogP contribution in [-0.2, 0) is 0 Å². The van der Waals surface area contributed by atoms with Crippen LogP contribution in [-0.4, -0.2) is 15.4 Å². The second kappa shape index (κ2) is 4.85. The predicted octanol–water partition coefficient (Wildman–Crippen LogP) is 2.40.